The van der Waals surface area contributed by atoms with E-state index < -0.39 is 5.54 Å². The van der Waals surface area contributed by atoms with E-state index in [1.54, 1.807) is 18.2 Å². The van der Waals surface area contributed by atoms with Gasteiger partial charge in [-0.2, -0.15) is 0 Å². The second-order valence-electron chi connectivity index (χ2n) is 5.24. The molecule has 0 fully saturated rings. The first kappa shape index (κ1) is 16.3. The fraction of sp³-hybridized carbons (Fsp3) is 0.500. The molecule has 1 amide bonds. The van der Waals surface area contributed by atoms with Crippen LogP contribution in [0.3, 0.4) is 0 Å². The summed E-state index contributed by atoms with van der Waals surface area (Å²) in [7, 11) is 0. The van der Waals surface area contributed by atoms with Crippen LogP contribution in [0.15, 0.2) is 18.2 Å². The predicted molar refractivity (Wildman–Crippen MR) is 80.6 cm³/mol. The zero-order valence-electron chi connectivity index (χ0n) is 11.5. The Morgan fingerprint density at radius 2 is 2.05 bits per heavy atom. The van der Waals surface area contributed by atoms with E-state index in [1.807, 2.05) is 20.8 Å². The van der Waals surface area contributed by atoms with Crippen LogP contribution in [0, 0.1) is 5.92 Å². The summed E-state index contributed by atoms with van der Waals surface area (Å²) in [4.78, 5) is 12.1. The molecular formula is C14H20Cl2N2O. The first-order chi connectivity index (χ1) is 8.78. The lowest BCUT2D eigenvalue weighted by molar-refractivity contribution is -0.122. The molecule has 0 radical (unpaired) electrons. The second kappa shape index (κ2) is 6.60. The lowest BCUT2D eigenvalue weighted by Gasteiger charge is -2.33. The summed E-state index contributed by atoms with van der Waals surface area (Å²) >= 11 is 11.9. The highest BCUT2D eigenvalue weighted by Crippen LogP contribution is 2.22. The summed E-state index contributed by atoms with van der Waals surface area (Å²) < 4.78 is 0. The molecule has 0 aromatic heterocycles. The van der Waals surface area contributed by atoms with Crippen LogP contribution in [0.5, 0.6) is 0 Å². The average Bonchev–Trinajstić information content (AvgIpc) is 2.32. The molecule has 1 rings (SSSR count). The van der Waals surface area contributed by atoms with Crippen molar-refractivity contribution in [3.05, 3.63) is 33.8 Å². The van der Waals surface area contributed by atoms with Gasteiger partial charge in [0, 0.05) is 16.6 Å². The minimum atomic E-state index is -0.407. The van der Waals surface area contributed by atoms with Crippen molar-refractivity contribution >= 4 is 29.1 Å². The Hall–Kier alpha value is -0.770. The molecule has 0 saturated heterocycles. The van der Waals surface area contributed by atoms with E-state index >= 15 is 0 Å². The van der Waals surface area contributed by atoms with Gasteiger partial charge in [0.15, 0.2) is 0 Å². The number of carbonyl (C=O) groups excluding carboxylic acids is 1. The van der Waals surface area contributed by atoms with Gasteiger partial charge in [-0.05, 0) is 30.5 Å². The Labute approximate surface area is 124 Å². The molecule has 0 aliphatic rings. The van der Waals surface area contributed by atoms with E-state index in [1.165, 1.54) is 0 Å². The minimum absolute atomic E-state index is 0.0918. The molecule has 1 unspecified atom stereocenters. The second-order valence-corrected chi connectivity index (χ2v) is 6.08. The third-order valence-corrected chi connectivity index (χ3v) is 4.08. The molecule has 1 aromatic rings. The molecule has 0 bridgehead atoms. The van der Waals surface area contributed by atoms with Gasteiger partial charge in [-0.25, -0.2) is 0 Å². The maximum Gasteiger partial charge on any atom is 0.224 e. The topological polar surface area (TPSA) is 55.1 Å². The molecule has 106 valence electrons. The number of rotatable bonds is 5. The number of nitrogens with two attached hydrogens (primary N) is 1. The maximum absolute atomic E-state index is 12.1. The molecule has 1 aromatic carbocycles. The van der Waals surface area contributed by atoms with E-state index in [2.05, 4.69) is 5.32 Å². The Balaban J connectivity index is 2.75. The van der Waals surface area contributed by atoms with Gasteiger partial charge in [0.1, 0.15) is 0 Å². The molecule has 3 nitrogen and oxygen atoms in total. The lowest BCUT2D eigenvalue weighted by Crippen LogP contribution is -2.55. The molecular weight excluding hydrogens is 283 g/mol. The number of benzene rings is 1. The van der Waals surface area contributed by atoms with E-state index in [9.17, 15) is 4.79 Å². The third kappa shape index (κ3) is 4.37. The number of halogens is 2. The monoisotopic (exact) mass is 302 g/mol. The van der Waals surface area contributed by atoms with E-state index in [0.29, 0.717) is 16.6 Å². The van der Waals surface area contributed by atoms with Crippen LogP contribution in [0.4, 0.5) is 0 Å². The zero-order chi connectivity index (χ0) is 14.6. The predicted octanol–water partition coefficient (Wildman–Crippen LogP) is 3.03. The van der Waals surface area contributed by atoms with Crippen molar-refractivity contribution in [3.63, 3.8) is 0 Å². The van der Waals surface area contributed by atoms with Gasteiger partial charge in [-0.15, -0.1) is 0 Å². The van der Waals surface area contributed by atoms with E-state index in [4.69, 9.17) is 28.9 Å². The normalized spacial score (nSPS) is 14.3. The standard InChI is InChI=1S/C14H20Cl2N2O/c1-9(2)14(3,8-17)18-13(19)6-10-4-5-11(15)7-12(10)16/h4-5,7,9H,6,8,17H2,1-3H3,(H,18,19). The molecule has 0 aliphatic carbocycles. The van der Waals surface area contributed by atoms with Gasteiger partial charge in [0.2, 0.25) is 5.91 Å². The Kier molecular flexibility index (Phi) is 5.65. The van der Waals surface area contributed by atoms with E-state index in [0.717, 1.165) is 5.56 Å². The third-order valence-electron chi connectivity index (χ3n) is 3.49. The van der Waals surface area contributed by atoms with Crippen LogP contribution in [-0.2, 0) is 11.2 Å². The van der Waals surface area contributed by atoms with Crippen molar-refractivity contribution in [1.82, 2.24) is 5.32 Å². The van der Waals surface area contributed by atoms with Gasteiger partial charge < -0.3 is 11.1 Å². The number of hydrogen-bond acceptors (Lipinski definition) is 2. The van der Waals surface area contributed by atoms with Crippen LogP contribution in [-0.4, -0.2) is 18.0 Å². The number of nitrogens with one attached hydrogen (secondary N) is 1. The molecule has 0 heterocycles. The van der Waals surface area contributed by atoms with Gasteiger partial charge in [-0.3, -0.25) is 4.79 Å². The summed E-state index contributed by atoms with van der Waals surface area (Å²) in [6.07, 6.45) is 0.221. The highest BCUT2D eigenvalue weighted by Gasteiger charge is 2.28. The molecule has 5 heteroatoms. The maximum atomic E-state index is 12.1. The van der Waals surface area contributed by atoms with Crippen molar-refractivity contribution in [2.24, 2.45) is 11.7 Å². The SMILES string of the molecule is CC(C)C(C)(CN)NC(=O)Cc1ccc(Cl)cc1Cl. The average molecular weight is 303 g/mol. The molecule has 0 saturated carbocycles. The molecule has 0 aliphatic heterocycles. The van der Waals surface area contributed by atoms with Crippen LogP contribution in [0.25, 0.3) is 0 Å². The zero-order valence-corrected chi connectivity index (χ0v) is 13.0. The largest absolute Gasteiger partial charge is 0.349 e. The molecule has 1 atom stereocenters. The first-order valence-corrected chi connectivity index (χ1v) is 6.99. The number of amides is 1. The number of carbonyl (C=O) groups is 1. The Bertz CT molecular complexity index is 463. The lowest BCUT2D eigenvalue weighted by atomic mass is 9.88. The van der Waals surface area contributed by atoms with Gasteiger partial charge >= 0.3 is 0 Å². The van der Waals surface area contributed by atoms with Crippen LogP contribution >= 0.6 is 23.2 Å². The van der Waals surface area contributed by atoms with Gasteiger partial charge in [0.25, 0.3) is 0 Å². The first-order valence-electron chi connectivity index (χ1n) is 6.23. The van der Waals surface area contributed by atoms with Crippen molar-refractivity contribution in [2.75, 3.05) is 6.54 Å². The van der Waals surface area contributed by atoms with Gasteiger partial charge in [-0.1, -0.05) is 43.1 Å². The molecule has 19 heavy (non-hydrogen) atoms. The van der Waals surface area contributed by atoms with Crippen LogP contribution < -0.4 is 11.1 Å². The summed E-state index contributed by atoms with van der Waals surface area (Å²) in [5.74, 6) is 0.160. The Morgan fingerprint density at radius 1 is 1.42 bits per heavy atom. The fourth-order valence-corrected chi connectivity index (χ4v) is 2.11. The summed E-state index contributed by atoms with van der Waals surface area (Å²) in [6, 6.07) is 5.12. The van der Waals surface area contributed by atoms with Crippen molar-refractivity contribution in [2.45, 2.75) is 32.7 Å². The summed E-state index contributed by atoms with van der Waals surface area (Å²) in [5, 5.41) is 4.04. The van der Waals surface area contributed by atoms with Crippen LogP contribution in [0.1, 0.15) is 26.3 Å². The summed E-state index contributed by atoms with van der Waals surface area (Å²) in [6.45, 7) is 6.40. The minimum Gasteiger partial charge on any atom is -0.349 e. The van der Waals surface area contributed by atoms with E-state index in [-0.39, 0.29) is 18.2 Å². The van der Waals surface area contributed by atoms with Crippen molar-refractivity contribution in [1.29, 1.82) is 0 Å². The highest BCUT2D eigenvalue weighted by atomic mass is 35.5. The Morgan fingerprint density at radius 3 is 2.53 bits per heavy atom. The smallest absolute Gasteiger partial charge is 0.224 e. The fourth-order valence-electron chi connectivity index (χ4n) is 1.63. The van der Waals surface area contributed by atoms with Crippen LogP contribution in [0.2, 0.25) is 10.0 Å². The van der Waals surface area contributed by atoms with Crippen molar-refractivity contribution < 1.29 is 4.79 Å². The molecule has 3 N–H and O–H groups in total. The van der Waals surface area contributed by atoms with Crippen molar-refractivity contribution in [3.8, 4) is 0 Å². The number of hydrogen-bond donors (Lipinski definition) is 2. The summed E-state index contributed by atoms with van der Waals surface area (Å²) in [5.41, 5.74) is 6.09. The highest BCUT2D eigenvalue weighted by molar-refractivity contribution is 6.35. The van der Waals surface area contributed by atoms with Gasteiger partial charge in [0.05, 0.1) is 12.0 Å². The molecule has 0 spiro atoms. The quantitative estimate of drug-likeness (QED) is 0.878.